The Labute approximate surface area is 165 Å². The Bertz CT molecular complexity index is 998. The number of non-ortho nitro benzene ring substituents is 1. The van der Waals surface area contributed by atoms with Crippen LogP contribution in [-0.4, -0.2) is 28.2 Å². The number of hydrogen-bond donors (Lipinski definition) is 1. The minimum atomic E-state index is -0.455. The fourth-order valence-corrected chi connectivity index (χ4v) is 2.48. The van der Waals surface area contributed by atoms with Crippen molar-refractivity contribution in [3.63, 3.8) is 0 Å². The molecule has 0 atom stereocenters. The van der Waals surface area contributed by atoms with Gasteiger partial charge in [-0.1, -0.05) is 11.6 Å². The second-order valence-electron chi connectivity index (χ2n) is 5.61. The Hall–Kier alpha value is -3.65. The third kappa shape index (κ3) is 4.95. The smallest absolute Gasteiger partial charge is 0.277 e. The lowest BCUT2D eigenvalue weighted by atomic mass is 10.3. The van der Waals surface area contributed by atoms with Crippen molar-refractivity contribution in [3.05, 3.63) is 87.7 Å². The van der Waals surface area contributed by atoms with Crippen LogP contribution in [0.3, 0.4) is 0 Å². The number of nitro groups is 1. The summed E-state index contributed by atoms with van der Waals surface area (Å²) in [5.41, 5.74) is 3.81. The van der Waals surface area contributed by atoms with Gasteiger partial charge >= 0.3 is 0 Å². The quantitative estimate of drug-likeness (QED) is 0.373. The van der Waals surface area contributed by atoms with Crippen molar-refractivity contribution in [3.8, 4) is 11.4 Å². The van der Waals surface area contributed by atoms with E-state index in [2.05, 4.69) is 10.5 Å². The monoisotopic (exact) mass is 398 g/mol. The van der Waals surface area contributed by atoms with Crippen molar-refractivity contribution < 1.29 is 14.5 Å². The summed E-state index contributed by atoms with van der Waals surface area (Å²) >= 11 is 5.78. The first-order valence-electron chi connectivity index (χ1n) is 8.15. The van der Waals surface area contributed by atoms with Crippen LogP contribution in [0.4, 0.5) is 5.69 Å². The van der Waals surface area contributed by atoms with Crippen LogP contribution < -0.4 is 10.2 Å². The number of nitrogens with zero attached hydrogens (tertiary/aromatic N) is 3. The van der Waals surface area contributed by atoms with Gasteiger partial charge in [0, 0.05) is 29.0 Å². The number of carbonyl (C=O) groups is 1. The molecule has 0 aliphatic carbocycles. The van der Waals surface area contributed by atoms with Crippen LogP contribution in [0.1, 0.15) is 5.69 Å². The van der Waals surface area contributed by atoms with Gasteiger partial charge in [0.1, 0.15) is 5.75 Å². The van der Waals surface area contributed by atoms with Crippen LogP contribution in [0.5, 0.6) is 5.75 Å². The van der Waals surface area contributed by atoms with Gasteiger partial charge in [0.05, 0.1) is 16.8 Å². The Kier molecular flexibility index (Phi) is 6.03. The number of ether oxygens (including phenoxy) is 1. The van der Waals surface area contributed by atoms with E-state index >= 15 is 0 Å². The summed E-state index contributed by atoms with van der Waals surface area (Å²) < 4.78 is 7.11. The molecular weight excluding hydrogens is 384 g/mol. The number of benzene rings is 2. The molecule has 0 saturated carbocycles. The zero-order chi connectivity index (χ0) is 19.9. The number of amides is 1. The Balaban J connectivity index is 1.57. The summed E-state index contributed by atoms with van der Waals surface area (Å²) in [5, 5.41) is 15.2. The van der Waals surface area contributed by atoms with Crippen LogP contribution in [0.2, 0.25) is 5.02 Å². The largest absolute Gasteiger partial charge is 0.484 e. The lowest BCUT2D eigenvalue weighted by molar-refractivity contribution is -0.384. The summed E-state index contributed by atoms with van der Waals surface area (Å²) in [6.07, 6.45) is 3.26. The molecule has 0 fully saturated rings. The Morgan fingerprint density at radius 3 is 2.57 bits per heavy atom. The molecule has 0 aliphatic heterocycles. The molecule has 3 rings (SSSR count). The van der Waals surface area contributed by atoms with Crippen molar-refractivity contribution in [2.45, 2.75) is 0 Å². The third-order valence-corrected chi connectivity index (χ3v) is 3.94. The zero-order valence-corrected chi connectivity index (χ0v) is 15.2. The number of nitro benzene ring substituents is 1. The van der Waals surface area contributed by atoms with E-state index in [9.17, 15) is 14.9 Å². The van der Waals surface area contributed by atoms with Crippen LogP contribution in [-0.2, 0) is 4.79 Å². The van der Waals surface area contributed by atoms with Crippen molar-refractivity contribution in [2.24, 2.45) is 5.10 Å². The molecular formula is C19H15ClN4O4. The fourth-order valence-electron chi connectivity index (χ4n) is 2.35. The maximum Gasteiger partial charge on any atom is 0.277 e. The first-order valence-corrected chi connectivity index (χ1v) is 8.53. The predicted molar refractivity (Wildman–Crippen MR) is 105 cm³/mol. The average molecular weight is 399 g/mol. The second kappa shape index (κ2) is 8.83. The molecule has 0 unspecified atom stereocenters. The van der Waals surface area contributed by atoms with Crippen LogP contribution in [0.25, 0.3) is 5.69 Å². The van der Waals surface area contributed by atoms with Gasteiger partial charge in [0.25, 0.3) is 11.6 Å². The maximum atomic E-state index is 11.8. The predicted octanol–water partition coefficient (Wildman–Crippen LogP) is 3.57. The number of nitrogens with one attached hydrogen (secondary N) is 1. The van der Waals surface area contributed by atoms with E-state index in [4.69, 9.17) is 16.3 Å². The summed E-state index contributed by atoms with van der Waals surface area (Å²) in [4.78, 5) is 22.1. The van der Waals surface area contributed by atoms with Crippen LogP contribution >= 0.6 is 11.6 Å². The summed E-state index contributed by atoms with van der Waals surface area (Å²) in [6.45, 7) is -0.192. The molecule has 0 spiro atoms. The van der Waals surface area contributed by atoms with Gasteiger partial charge in [-0.25, -0.2) is 5.43 Å². The molecule has 0 saturated heterocycles. The molecule has 1 amide bonds. The summed E-state index contributed by atoms with van der Waals surface area (Å²) in [5.74, 6) is 0.107. The molecule has 1 heterocycles. The third-order valence-electron chi connectivity index (χ3n) is 3.69. The summed E-state index contributed by atoms with van der Waals surface area (Å²) in [6, 6.07) is 16.4. The van der Waals surface area contributed by atoms with E-state index in [1.807, 2.05) is 0 Å². The van der Waals surface area contributed by atoms with Crippen LogP contribution in [0, 0.1) is 10.1 Å². The Morgan fingerprint density at radius 1 is 1.18 bits per heavy atom. The lowest BCUT2D eigenvalue weighted by Gasteiger charge is -2.06. The number of carbonyl (C=O) groups excluding carboxylic acids is 1. The highest BCUT2D eigenvalue weighted by Gasteiger charge is 2.07. The van der Waals surface area contributed by atoms with Gasteiger partial charge in [-0.15, -0.1) is 0 Å². The summed E-state index contributed by atoms with van der Waals surface area (Å²) in [7, 11) is 0. The van der Waals surface area contributed by atoms with Crippen molar-refractivity contribution in [1.82, 2.24) is 9.99 Å². The van der Waals surface area contributed by atoms with E-state index in [1.54, 1.807) is 59.3 Å². The highest BCUT2D eigenvalue weighted by Crippen LogP contribution is 2.17. The number of hydrogen-bond acceptors (Lipinski definition) is 5. The zero-order valence-electron chi connectivity index (χ0n) is 14.5. The van der Waals surface area contributed by atoms with Crippen LogP contribution in [0.15, 0.2) is 72.0 Å². The highest BCUT2D eigenvalue weighted by molar-refractivity contribution is 6.30. The minimum Gasteiger partial charge on any atom is -0.484 e. The van der Waals surface area contributed by atoms with Crippen molar-refractivity contribution >= 4 is 29.4 Å². The number of rotatable bonds is 7. The normalized spacial score (nSPS) is 10.8. The molecule has 1 N–H and O–H groups in total. The second-order valence-corrected chi connectivity index (χ2v) is 6.05. The lowest BCUT2D eigenvalue weighted by Crippen LogP contribution is -2.24. The van der Waals surface area contributed by atoms with E-state index in [-0.39, 0.29) is 12.3 Å². The van der Waals surface area contributed by atoms with E-state index < -0.39 is 10.8 Å². The van der Waals surface area contributed by atoms with E-state index in [0.717, 1.165) is 5.69 Å². The molecule has 0 radical (unpaired) electrons. The molecule has 3 aromatic rings. The van der Waals surface area contributed by atoms with E-state index in [1.165, 1.54) is 18.3 Å². The van der Waals surface area contributed by atoms with Gasteiger partial charge in [0.15, 0.2) is 6.61 Å². The molecule has 142 valence electrons. The molecule has 2 aromatic carbocycles. The highest BCUT2D eigenvalue weighted by atomic mass is 35.5. The average Bonchev–Trinajstić information content (AvgIpc) is 3.16. The Morgan fingerprint density at radius 2 is 1.89 bits per heavy atom. The minimum absolute atomic E-state index is 0.0130. The maximum absolute atomic E-state index is 11.8. The van der Waals surface area contributed by atoms with Gasteiger partial charge < -0.3 is 9.30 Å². The topological polar surface area (TPSA) is 98.8 Å². The molecule has 0 aliphatic rings. The SMILES string of the molecule is O=C(COc1ccc(Cl)cc1)N/N=C/c1cccn1-c1ccc([N+](=O)[O-])cc1. The van der Waals surface area contributed by atoms with Gasteiger partial charge in [-0.2, -0.15) is 5.10 Å². The number of aromatic nitrogens is 1. The van der Waals surface area contributed by atoms with E-state index in [0.29, 0.717) is 16.5 Å². The number of halogens is 1. The van der Waals surface area contributed by atoms with Crippen molar-refractivity contribution in [2.75, 3.05) is 6.61 Å². The molecule has 28 heavy (non-hydrogen) atoms. The van der Waals surface area contributed by atoms with Gasteiger partial charge in [0.2, 0.25) is 0 Å². The molecule has 0 bridgehead atoms. The first-order chi connectivity index (χ1) is 13.5. The number of hydrazone groups is 1. The van der Waals surface area contributed by atoms with Gasteiger partial charge in [-0.3, -0.25) is 14.9 Å². The fraction of sp³-hybridized carbons (Fsp3) is 0.0526. The molecule has 9 heteroatoms. The standard InChI is InChI=1S/C19H15ClN4O4/c20-14-3-9-18(10-4-14)28-13-19(25)22-21-12-17-2-1-11-23(17)15-5-7-16(8-6-15)24(26)27/h1-12H,13H2,(H,22,25)/b21-12+. The molecule has 1 aromatic heterocycles. The first kappa shape index (κ1) is 19.1. The van der Waals surface area contributed by atoms with Gasteiger partial charge in [-0.05, 0) is 48.5 Å². The molecule has 8 nitrogen and oxygen atoms in total. The van der Waals surface area contributed by atoms with Crippen molar-refractivity contribution in [1.29, 1.82) is 0 Å².